The molecule has 1 aromatic heterocycles. The molecular formula is C15H23N3O3S. The summed E-state index contributed by atoms with van der Waals surface area (Å²) in [5, 5.41) is 2.04. The molecule has 0 radical (unpaired) electrons. The number of piperazine rings is 1. The Hall–Kier alpha value is -1.60. The van der Waals surface area contributed by atoms with E-state index in [-0.39, 0.29) is 12.0 Å². The molecule has 0 atom stereocenters. The SMILES string of the molecule is CCOC(=O)N1CCN(C(=O)CN(C)Cc2cccs2)CC1. The van der Waals surface area contributed by atoms with Crippen LogP contribution in [0.2, 0.25) is 0 Å². The Morgan fingerprint density at radius 3 is 2.55 bits per heavy atom. The first-order valence-electron chi connectivity index (χ1n) is 7.50. The fourth-order valence-electron chi connectivity index (χ4n) is 2.41. The Morgan fingerprint density at radius 1 is 1.27 bits per heavy atom. The molecule has 0 aliphatic carbocycles. The van der Waals surface area contributed by atoms with Gasteiger partial charge in [0.25, 0.3) is 0 Å². The van der Waals surface area contributed by atoms with Crippen LogP contribution in [0.4, 0.5) is 4.79 Å². The third-order valence-electron chi connectivity index (χ3n) is 3.57. The van der Waals surface area contributed by atoms with Crippen LogP contribution >= 0.6 is 11.3 Å². The number of hydrogen-bond donors (Lipinski definition) is 0. The largest absolute Gasteiger partial charge is 0.450 e. The van der Waals surface area contributed by atoms with Crippen LogP contribution < -0.4 is 0 Å². The molecule has 0 aromatic carbocycles. The molecule has 22 heavy (non-hydrogen) atoms. The Balaban J connectivity index is 1.74. The number of carbonyl (C=O) groups is 2. The van der Waals surface area contributed by atoms with Crippen molar-refractivity contribution in [2.24, 2.45) is 0 Å². The summed E-state index contributed by atoms with van der Waals surface area (Å²) in [7, 11) is 1.95. The number of carbonyl (C=O) groups excluding carboxylic acids is 2. The molecule has 122 valence electrons. The van der Waals surface area contributed by atoms with E-state index in [0.29, 0.717) is 39.3 Å². The molecule has 0 spiro atoms. The molecule has 7 heteroatoms. The van der Waals surface area contributed by atoms with E-state index >= 15 is 0 Å². The van der Waals surface area contributed by atoms with Gasteiger partial charge in [0.05, 0.1) is 13.2 Å². The monoisotopic (exact) mass is 325 g/mol. The summed E-state index contributed by atoms with van der Waals surface area (Å²) in [5.74, 6) is 0.113. The molecule has 6 nitrogen and oxygen atoms in total. The van der Waals surface area contributed by atoms with Crippen molar-refractivity contribution >= 4 is 23.3 Å². The van der Waals surface area contributed by atoms with Crippen molar-refractivity contribution in [2.45, 2.75) is 13.5 Å². The van der Waals surface area contributed by atoms with E-state index in [4.69, 9.17) is 4.74 Å². The first kappa shape index (κ1) is 16.8. The van der Waals surface area contributed by atoms with E-state index in [0.717, 1.165) is 6.54 Å². The predicted octanol–water partition coefficient (Wildman–Crippen LogP) is 1.48. The number of ether oxygens (including phenoxy) is 1. The Morgan fingerprint density at radius 2 is 1.95 bits per heavy atom. The lowest BCUT2D eigenvalue weighted by Gasteiger charge is -2.34. The number of hydrogen-bond acceptors (Lipinski definition) is 5. The van der Waals surface area contributed by atoms with E-state index in [1.54, 1.807) is 23.2 Å². The average molecular weight is 325 g/mol. The van der Waals surface area contributed by atoms with Gasteiger partial charge in [0, 0.05) is 37.6 Å². The standard InChI is InChI=1S/C15H23N3O3S/c1-3-21-15(20)18-8-6-17(7-9-18)14(19)12-16(2)11-13-5-4-10-22-13/h4-5,10H,3,6-9,11-12H2,1-2H3. The van der Waals surface area contributed by atoms with Crippen molar-refractivity contribution < 1.29 is 14.3 Å². The van der Waals surface area contributed by atoms with Crippen molar-refractivity contribution in [1.29, 1.82) is 0 Å². The molecule has 0 N–H and O–H groups in total. The number of nitrogens with zero attached hydrogens (tertiary/aromatic N) is 3. The maximum absolute atomic E-state index is 12.3. The molecule has 0 bridgehead atoms. The molecule has 2 heterocycles. The highest BCUT2D eigenvalue weighted by Crippen LogP contribution is 2.11. The van der Waals surface area contributed by atoms with Crippen molar-refractivity contribution in [3.63, 3.8) is 0 Å². The Labute approximate surface area is 135 Å². The molecule has 0 unspecified atom stereocenters. The zero-order valence-electron chi connectivity index (χ0n) is 13.2. The number of thiophene rings is 1. The van der Waals surface area contributed by atoms with Crippen molar-refractivity contribution in [1.82, 2.24) is 14.7 Å². The van der Waals surface area contributed by atoms with Gasteiger partial charge < -0.3 is 14.5 Å². The van der Waals surface area contributed by atoms with Crippen LogP contribution in [0, 0.1) is 0 Å². The fraction of sp³-hybridized carbons (Fsp3) is 0.600. The van der Waals surface area contributed by atoms with Gasteiger partial charge in [0.2, 0.25) is 5.91 Å². The van der Waals surface area contributed by atoms with Crippen LogP contribution in [0.15, 0.2) is 17.5 Å². The summed E-state index contributed by atoms with van der Waals surface area (Å²) in [5.41, 5.74) is 0. The second kappa shape index (κ2) is 8.14. The third kappa shape index (κ3) is 4.71. The minimum Gasteiger partial charge on any atom is -0.450 e. The molecule has 2 rings (SSSR count). The fourth-order valence-corrected chi connectivity index (χ4v) is 3.19. The van der Waals surface area contributed by atoms with Gasteiger partial charge in [-0.2, -0.15) is 0 Å². The summed E-state index contributed by atoms with van der Waals surface area (Å²) in [6.45, 7) is 5.59. The van der Waals surface area contributed by atoms with Gasteiger partial charge >= 0.3 is 6.09 Å². The predicted molar refractivity (Wildman–Crippen MR) is 85.8 cm³/mol. The number of likely N-dealkylation sites (N-methyl/N-ethyl adjacent to an activating group) is 1. The molecule has 2 amide bonds. The molecule has 1 saturated heterocycles. The highest BCUT2D eigenvalue weighted by Gasteiger charge is 2.25. The Kier molecular flexibility index (Phi) is 6.21. The maximum Gasteiger partial charge on any atom is 0.409 e. The molecule has 1 fully saturated rings. The average Bonchev–Trinajstić information content (AvgIpc) is 3.00. The summed E-state index contributed by atoms with van der Waals surface area (Å²) in [6.07, 6.45) is -0.288. The van der Waals surface area contributed by atoms with E-state index in [1.165, 1.54) is 4.88 Å². The van der Waals surface area contributed by atoms with Gasteiger partial charge in [-0.15, -0.1) is 11.3 Å². The zero-order chi connectivity index (χ0) is 15.9. The number of amides is 2. The van der Waals surface area contributed by atoms with E-state index in [1.807, 2.05) is 28.3 Å². The summed E-state index contributed by atoms with van der Waals surface area (Å²) < 4.78 is 4.98. The first-order chi connectivity index (χ1) is 10.6. The topological polar surface area (TPSA) is 53.1 Å². The van der Waals surface area contributed by atoms with Gasteiger partial charge in [-0.25, -0.2) is 4.79 Å². The van der Waals surface area contributed by atoms with Gasteiger partial charge in [0.1, 0.15) is 0 Å². The lowest BCUT2D eigenvalue weighted by Crippen LogP contribution is -2.52. The van der Waals surface area contributed by atoms with Crippen molar-refractivity contribution in [3.8, 4) is 0 Å². The lowest BCUT2D eigenvalue weighted by atomic mass is 10.3. The smallest absolute Gasteiger partial charge is 0.409 e. The van der Waals surface area contributed by atoms with Gasteiger partial charge in [-0.3, -0.25) is 9.69 Å². The number of rotatable bonds is 5. The van der Waals surface area contributed by atoms with Gasteiger partial charge in [-0.05, 0) is 25.4 Å². The minimum absolute atomic E-state index is 0.113. The molecular weight excluding hydrogens is 302 g/mol. The van der Waals surface area contributed by atoms with Crippen LogP contribution in [0.3, 0.4) is 0 Å². The second-order valence-corrected chi connectivity index (χ2v) is 6.35. The second-order valence-electron chi connectivity index (χ2n) is 5.32. The van der Waals surface area contributed by atoms with Crippen molar-refractivity contribution in [3.05, 3.63) is 22.4 Å². The summed E-state index contributed by atoms with van der Waals surface area (Å²) >= 11 is 1.70. The molecule has 1 aliphatic rings. The third-order valence-corrected chi connectivity index (χ3v) is 4.43. The zero-order valence-corrected chi connectivity index (χ0v) is 14.0. The van der Waals surface area contributed by atoms with Crippen LogP contribution in [-0.2, 0) is 16.1 Å². The molecule has 1 aliphatic heterocycles. The van der Waals surface area contributed by atoms with E-state index < -0.39 is 0 Å². The molecule has 1 aromatic rings. The highest BCUT2D eigenvalue weighted by atomic mass is 32.1. The van der Waals surface area contributed by atoms with Crippen LogP contribution in [-0.4, -0.2) is 73.1 Å². The maximum atomic E-state index is 12.3. The van der Waals surface area contributed by atoms with Crippen molar-refractivity contribution in [2.75, 3.05) is 46.4 Å². The van der Waals surface area contributed by atoms with Gasteiger partial charge in [0.15, 0.2) is 0 Å². The van der Waals surface area contributed by atoms with Crippen LogP contribution in [0.25, 0.3) is 0 Å². The summed E-state index contributed by atoms with van der Waals surface area (Å²) in [6, 6.07) is 4.09. The van der Waals surface area contributed by atoms with Crippen LogP contribution in [0.5, 0.6) is 0 Å². The normalized spacial score (nSPS) is 15.2. The van der Waals surface area contributed by atoms with Gasteiger partial charge in [-0.1, -0.05) is 6.07 Å². The lowest BCUT2D eigenvalue weighted by molar-refractivity contribution is -0.133. The minimum atomic E-state index is -0.288. The first-order valence-corrected chi connectivity index (χ1v) is 8.38. The van der Waals surface area contributed by atoms with Crippen LogP contribution in [0.1, 0.15) is 11.8 Å². The summed E-state index contributed by atoms with van der Waals surface area (Å²) in [4.78, 5) is 30.7. The molecule has 0 saturated carbocycles. The van der Waals surface area contributed by atoms with E-state index in [9.17, 15) is 9.59 Å². The highest BCUT2D eigenvalue weighted by molar-refractivity contribution is 7.09. The quantitative estimate of drug-likeness (QED) is 0.823. The Bertz CT molecular complexity index is 484. The van der Waals surface area contributed by atoms with E-state index in [2.05, 4.69) is 6.07 Å².